The molecular weight excluding hydrogens is 374 g/mol. The van der Waals surface area contributed by atoms with E-state index in [0.29, 0.717) is 16.3 Å². The molecule has 1 amide bonds. The molecule has 2 aromatic carbocycles. The molecule has 1 aliphatic rings. The molecule has 1 aliphatic carbocycles. The third-order valence-corrected chi connectivity index (χ3v) is 5.84. The highest BCUT2D eigenvalue weighted by molar-refractivity contribution is 7.17. The Morgan fingerprint density at radius 2 is 1.79 bits per heavy atom. The summed E-state index contributed by atoms with van der Waals surface area (Å²) in [6.07, 6.45) is 1.88. The number of hydrogen-bond acceptors (Lipinski definition) is 5. The topological polar surface area (TPSA) is 64.6 Å². The highest BCUT2D eigenvalue weighted by atomic mass is 32.1. The maximum Gasteiger partial charge on any atom is 0.348 e. The van der Waals surface area contributed by atoms with Gasteiger partial charge in [0, 0.05) is 4.88 Å². The van der Waals surface area contributed by atoms with Crippen LogP contribution < -0.4 is 10.1 Å². The number of ether oxygens (including phenoxy) is 2. The predicted octanol–water partition coefficient (Wildman–Crippen LogP) is 4.32. The number of rotatable bonds is 5. The fourth-order valence-electron chi connectivity index (χ4n) is 3.31. The van der Waals surface area contributed by atoms with Gasteiger partial charge in [0.1, 0.15) is 10.6 Å². The molecule has 0 aliphatic heterocycles. The number of carbonyl (C=O) groups is 2. The summed E-state index contributed by atoms with van der Waals surface area (Å²) in [4.78, 5) is 26.2. The van der Waals surface area contributed by atoms with E-state index in [1.54, 1.807) is 18.2 Å². The van der Waals surface area contributed by atoms with Crippen LogP contribution in [0.15, 0.2) is 54.6 Å². The average molecular weight is 393 g/mol. The molecule has 0 saturated heterocycles. The zero-order valence-electron chi connectivity index (χ0n) is 15.4. The van der Waals surface area contributed by atoms with Gasteiger partial charge < -0.3 is 14.8 Å². The van der Waals surface area contributed by atoms with Gasteiger partial charge >= 0.3 is 5.97 Å². The minimum atomic E-state index is -0.480. The summed E-state index contributed by atoms with van der Waals surface area (Å²) in [5.41, 5.74) is 4.18. The summed E-state index contributed by atoms with van der Waals surface area (Å²) in [6, 6.07) is 17.2. The van der Waals surface area contributed by atoms with E-state index in [9.17, 15) is 9.59 Å². The molecule has 4 rings (SSSR count). The van der Waals surface area contributed by atoms with Gasteiger partial charge in [-0.15, -0.1) is 11.3 Å². The number of fused-ring (bicyclic) bond motifs is 3. The quantitative estimate of drug-likeness (QED) is 0.656. The van der Waals surface area contributed by atoms with E-state index in [1.807, 2.05) is 24.3 Å². The van der Waals surface area contributed by atoms with Crippen molar-refractivity contribution in [2.75, 3.05) is 19.0 Å². The Balaban J connectivity index is 1.41. The number of para-hydroxylation sites is 2. The maximum atomic E-state index is 12.4. The first kappa shape index (κ1) is 18.3. The van der Waals surface area contributed by atoms with Gasteiger partial charge in [-0.25, -0.2) is 4.79 Å². The van der Waals surface area contributed by atoms with Crippen molar-refractivity contribution < 1.29 is 19.1 Å². The van der Waals surface area contributed by atoms with E-state index >= 15 is 0 Å². The van der Waals surface area contributed by atoms with Gasteiger partial charge in [0.15, 0.2) is 6.61 Å². The molecule has 142 valence electrons. The number of nitrogens with one attached hydrogen (secondary N) is 1. The number of benzene rings is 2. The molecule has 0 unspecified atom stereocenters. The summed E-state index contributed by atoms with van der Waals surface area (Å²) in [5, 5.41) is 2.69. The van der Waals surface area contributed by atoms with Gasteiger partial charge in [0.2, 0.25) is 0 Å². The lowest BCUT2D eigenvalue weighted by Crippen LogP contribution is -2.20. The monoisotopic (exact) mass is 393 g/mol. The second-order valence-electron chi connectivity index (χ2n) is 6.45. The number of anilines is 1. The largest absolute Gasteiger partial charge is 0.495 e. The number of hydrogen-bond donors (Lipinski definition) is 1. The van der Waals surface area contributed by atoms with E-state index in [1.165, 1.54) is 29.6 Å². The highest BCUT2D eigenvalue weighted by Crippen LogP contribution is 2.39. The van der Waals surface area contributed by atoms with Crippen molar-refractivity contribution in [2.24, 2.45) is 0 Å². The minimum absolute atomic E-state index is 0.351. The summed E-state index contributed by atoms with van der Waals surface area (Å²) in [6.45, 7) is -0.351. The van der Waals surface area contributed by atoms with Crippen LogP contribution in [0.3, 0.4) is 0 Å². The number of esters is 1. The van der Waals surface area contributed by atoms with Crippen LogP contribution in [0.2, 0.25) is 0 Å². The Bertz CT molecular complexity index is 1040. The normalized spacial score (nSPS) is 11.9. The van der Waals surface area contributed by atoms with E-state index in [-0.39, 0.29) is 6.61 Å². The fourth-order valence-corrected chi connectivity index (χ4v) is 4.47. The third kappa shape index (κ3) is 3.64. The van der Waals surface area contributed by atoms with Gasteiger partial charge in [-0.05, 0) is 47.7 Å². The third-order valence-electron chi connectivity index (χ3n) is 4.65. The number of aryl methyl sites for hydroxylation is 2. The maximum absolute atomic E-state index is 12.4. The number of methoxy groups -OCH3 is 1. The lowest BCUT2D eigenvalue weighted by molar-refractivity contribution is -0.119. The van der Waals surface area contributed by atoms with Crippen LogP contribution in [0.4, 0.5) is 5.69 Å². The Hall–Kier alpha value is -3.12. The molecule has 0 saturated carbocycles. The Morgan fingerprint density at radius 1 is 1.04 bits per heavy atom. The van der Waals surface area contributed by atoms with Crippen LogP contribution in [0.5, 0.6) is 5.75 Å². The van der Waals surface area contributed by atoms with E-state index in [4.69, 9.17) is 9.47 Å². The first-order valence-electron chi connectivity index (χ1n) is 8.96. The Kier molecular flexibility index (Phi) is 5.12. The average Bonchev–Trinajstić information content (AvgIpc) is 3.17. The first-order chi connectivity index (χ1) is 13.7. The van der Waals surface area contributed by atoms with Crippen LogP contribution in [0, 0.1) is 0 Å². The molecule has 1 heterocycles. The highest BCUT2D eigenvalue weighted by Gasteiger charge is 2.22. The van der Waals surface area contributed by atoms with Crippen LogP contribution in [-0.2, 0) is 22.4 Å². The smallest absolute Gasteiger partial charge is 0.348 e. The number of carbonyl (C=O) groups excluding carboxylic acids is 2. The zero-order valence-corrected chi connectivity index (χ0v) is 16.2. The molecule has 6 heteroatoms. The van der Waals surface area contributed by atoms with Gasteiger partial charge in [0.05, 0.1) is 12.8 Å². The summed E-state index contributed by atoms with van der Waals surface area (Å²) < 4.78 is 10.4. The van der Waals surface area contributed by atoms with Crippen molar-refractivity contribution in [2.45, 2.75) is 12.8 Å². The lowest BCUT2D eigenvalue weighted by Gasteiger charge is -2.15. The van der Waals surface area contributed by atoms with Crippen molar-refractivity contribution >= 4 is 28.9 Å². The van der Waals surface area contributed by atoms with Gasteiger partial charge in [0.25, 0.3) is 5.91 Å². The molecule has 3 aromatic rings. The van der Waals surface area contributed by atoms with E-state index in [0.717, 1.165) is 23.3 Å². The molecule has 28 heavy (non-hydrogen) atoms. The molecule has 0 radical (unpaired) electrons. The van der Waals surface area contributed by atoms with Gasteiger partial charge in [-0.2, -0.15) is 0 Å². The standard InChI is InChI=1S/C22H19NO4S/c1-26-18-9-5-4-8-17(18)23-20(24)13-27-22(25)19-12-15-11-10-14-6-2-3-7-16(14)21(15)28-19/h2-9,12H,10-11,13H2,1H3,(H,23,24). The predicted molar refractivity (Wildman–Crippen MR) is 109 cm³/mol. The van der Waals surface area contributed by atoms with Crippen molar-refractivity contribution in [3.8, 4) is 16.2 Å². The molecule has 0 fully saturated rings. The van der Waals surface area contributed by atoms with Crippen LogP contribution >= 0.6 is 11.3 Å². The number of thiophene rings is 1. The minimum Gasteiger partial charge on any atom is -0.495 e. The molecule has 0 atom stereocenters. The Labute approximate surface area is 166 Å². The molecule has 0 bridgehead atoms. The summed E-state index contributed by atoms with van der Waals surface area (Å²) in [5.74, 6) is -0.344. The van der Waals surface area contributed by atoms with Crippen LogP contribution in [-0.4, -0.2) is 25.6 Å². The molecule has 1 N–H and O–H groups in total. The number of amides is 1. The summed E-state index contributed by atoms with van der Waals surface area (Å²) in [7, 11) is 1.53. The van der Waals surface area contributed by atoms with E-state index < -0.39 is 11.9 Å². The second kappa shape index (κ2) is 7.86. The van der Waals surface area contributed by atoms with Gasteiger partial charge in [-0.1, -0.05) is 36.4 Å². The van der Waals surface area contributed by atoms with Gasteiger partial charge in [-0.3, -0.25) is 4.79 Å². The van der Waals surface area contributed by atoms with Crippen molar-refractivity contribution in [1.82, 2.24) is 0 Å². The molecule has 0 spiro atoms. The summed E-state index contributed by atoms with van der Waals surface area (Å²) >= 11 is 1.42. The molecule has 1 aromatic heterocycles. The molecule has 5 nitrogen and oxygen atoms in total. The zero-order chi connectivity index (χ0) is 19.5. The van der Waals surface area contributed by atoms with Crippen molar-refractivity contribution in [1.29, 1.82) is 0 Å². The molecular formula is C22H19NO4S. The first-order valence-corrected chi connectivity index (χ1v) is 9.78. The van der Waals surface area contributed by atoms with E-state index in [2.05, 4.69) is 17.4 Å². The fraction of sp³-hybridized carbons (Fsp3) is 0.182. The Morgan fingerprint density at radius 3 is 2.64 bits per heavy atom. The van der Waals surface area contributed by atoms with Crippen molar-refractivity contribution in [3.63, 3.8) is 0 Å². The SMILES string of the molecule is COc1ccccc1NC(=O)COC(=O)c1cc2c(s1)-c1ccccc1CC2. The lowest BCUT2D eigenvalue weighted by atomic mass is 9.91. The van der Waals surface area contributed by atoms with Crippen LogP contribution in [0.25, 0.3) is 10.4 Å². The van der Waals surface area contributed by atoms with Crippen molar-refractivity contribution in [3.05, 3.63) is 70.6 Å². The van der Waals surface area contributed by atoms with Crippen LogP contribution in [0.1, 0.15) is 20.8 Å². The second-order valence-corrected chi connectivity index (χ2v) is 7.50.